The number of rotatable bonds is 4. The second-order valence-corrected chi connectivity index (χ2v) is 5.99. The van der Waals surface area contributed by atoms with Gasteiger partial charge in [-0.05, 0) is 29.3 Å². The molecule has 0 saturated heterocycles. The van der Waals surface area contributed by atoms with E-state index < -0.39 is 0 Å². The first-order valence-corrected chi connectivity index (χ1v) is 7.83. The average Bonchev–Trinajstić information content (AvgIpc) is 2.56. The van der Waals surface area contributed by atoms with E-state index in [0.29, 0.717) is 0 Å². The molecule has 3 N–H and O–H groups in total. The lowest BCUT2D eigenvalue weighted by Gasteiger charge is -2.13. The first-order chi connectivity index (χ1) is 10.8. The van der Waals surface area contributed by atoms with Crippen LogP contribution >= 0.6 is 11.8 Å². The molecule has 0 radical (unpaired) electrons. The molecule has 2 nitrogen and oxygen atoms in total. The van der Waals surface area contributed by atoms with Crippen LogP contribution in [0.1, 0.15) is 5.56 Å². The summed E-state index contributed by atoms with van der Waals surface area (Å²) in [5.41, 5.74) is 8.59. The van der Waals surface area contributed by atoms with Crippen molar-refractivity contribution < 1.29 is 0 Å². The maximum absolute atomic E-state index is 7.79. The van der Waals surface area contributed by atoms with Crippen molar-refractivity contribution in [2.24, 2.45) is 5.73 Å². The molecule has 0 aromatic heterocycles. The van der Waals surface area contributed by atoms with Crippen molar-refractivity contribution in [3.63, 3.8) is 0 Å². The van der Waals surface area contributed by atoms with Crippen LogP contribution in [-0.2, 0) is 0 Å². The topological polar surface area (TPSA) is 49.9 Å². The summed E-state index contributed by atoms with van der Waals surface area (Å²) in [4.78, 5) is 2.35. The third kappa shape index (κ3) is 3.05. The van der Waals surface area contributed by atoms with E-state index >= 15 is 0 Å². The molecule has 3 rings (SSSR count). The fourth-order valence-corrected chi connectivity index (χ4v) is 3.33. The Morgan fingerprint density at radius 3 is 2.05 bits per heavy atom. The van der Waals surface area contributed by atoms with Crippen molar-refractivity contribution >= 4 is 17.6 Å². The third-order valence-corrected chi connectivity index (χ3v) is 4.45. The molecule has 0 spiro atoms. The van der Waals surface area contributed by atoms with E-state index in [0.717, 1.165) is 21.6 Å². The summed E-state index contributed by atoms with van der Waals surface area (Å²) in [5.74, 6) is 0.0927. The predicted octanol–water partition coefficient (Wildman–Crippen LogP) is 4.79. The van der Waals surface area contributed by atoms with Crippen molar-refractivity contribution in [1.29, 1.82) is 5.41 Å². The van der Waals surface area contributed by atoms with Crippen LogP contribution in [0.3, 0.4) is 0 Å². The van der Waals surface area contributed by atoms with Crippen LogP contribution in [-0.4, -0.2) is 5.84 Å². The fraction of sp³-hybridized carbons (Fsp3) is 0. The minimum absolute atomic E-state index is 0.0927. The summed E-state index contributed by atoms with van der Waals surface area (Å²) in [6.45, 7) is 0. The Hall–Kier alpha value is -2.52. The summed E-state index contributed by atoms with van der Waals surface area (Å²) in [6.07, 6.45) is 0. The van der Waals surface area contributed by atoms with E-state index in [4.69, 9.17) is 11.1 Å². The van der Waals surface area contributed by atoms with E-state index in [2.05, 4.69) is 24.3 Å². The Morgan fingerprint density at radius 2 is 1.32 bits per heavy atom. The van der Waals surface area contributed by atoms with Crippen molar-refractivity contribution in [1.82, 2.24) is 0 Å². The standard InChI is InChI=1S/C19H16N2S/c20-19(21)17-12-5-4-10-15(17)16-11-6-7-13-18(16)22-14-8-2-1-3-9-14/h1-13H,(H3,20,21). The highest BCUT2D eigenvalue weighted by molar-refractivity contribution is 7.99. The summed E-state index contributed by atoms with van der Waals surface area (Å²) < 4.78 is 0. The second kappa shape index (κ2) is 6.50. The van der Waals surface area contributed by atoms with Gasteiger partial charge in [-0.2, -0.15) is 0 Å². The van der Waals surface area contributed by atoms with Crippen molar-refractivity contribution in [2.45, 2.75) is 9.79 Å². The SMILES string of the molecule is N=C(N)c1ccccc1-c1ccccc1Sc1ccccc1. The minimum Gasteiger partial charge on any atom is -0.384 e. The molecule has 108 valence electrons. The van der Waals surface area contributed by atoms with Gasteiger partial charge >= 0.3 is 0 Å². The van der Waals surface area contributed by atoms with Crippen LogP contribution in [0.25, 0.3) is 11.1 Å². The molecule has 0 aliphatic rings. The lowest BCUT2D eigenvalue weighted by atomic mass is 9.99. The molecule has 0 unspecified atom stereocenters. The molecular formula is C19H16N2S. The van der Waals surface area contributed by atoms with Crippen LogP contribution in [0, 0.1) is 5.41 Å². The molecule has 0 aliphatic carbocycles. The number of benzene rings is 3. The summed E-state index contributed by atoms with van der Waals surface area (Å²) in [5, 5.41) is 7.79. The molecule has 0 amide bonds. The zero-order chi connectivity index (χ0) is 15.4. The number of amidine groups is 1. The highest BCUT2D eigenvalue weighted by atomic mass is 32.2. The second-order valence-electron chi connectivity index (χ2n) is 4.87. The molecule has 0 bridgehead atoms. The zero-order valence-corrected chi connectivity index (χ0v) is 12.8. The normalized spacial score (nSPS) is 10.4. The van der Waals surface area contributed by atoms with Crippen LogP contribution in [0.4, 0.5) is 0 Å². The summed E-state index contributed by atoms with van der Waals surface area (Å²) in [6, 6.07) is 26.3. The van der Waals surface area contributed by atoms with Gasteiger partial charge in [0.15, 0.2) is 0 Å². The number of hydrogen-bond donors (Lipinski definition) is 2. The molecule has 3 aromatic carbocycles. The van der Waals surface area contributed by atoms with E-state index in [1.807, 2.05) is 54.6 Å². The average molecular weight is 304 g/mol. The quantitative estimate of drug-likeness (QED) is 0.538. The molecule has 3 heteroatoms. The van der Waals surface area contributed by atoms with E-state index in [1.54, 1.807) is 11.8 Å². The number of nitrogen functional groups attached to an aromatic ring is 1. The van der Waals surface area contributed by atoms with Gasteiger partial charge in [0.25, 0.3) is 0 Å². The van der Waals surface area contributed by atoms with Gasteiger partial charge in [0, 0.05) is 15.4 Å². The monoisotopic (exact) mass is 304 g/mol. The first-order valence-electron chi connectivity index (χ1n) is 7.01. The van der Waals surface area contributed by atoms with Gasteiger partial charge in [0.2, 0.25) is 0 Å². The first kappa shape index (κ1) is 14.4. The maximum Gasteiger partial charge on any atom is 0.123 e. The van der Waals surface area contributed by atoms with Gasteiger partial charge in [-0.25, -0.2) is 0 Å². The number of hydrogen-bond acceptors (Lipinski definition) is 2. The molecule has 0 aliphatic heterocycles. The van der Waals surface area contributed by atoms with Crippen molar-refractivity contribution in [3.8, 4) is 11.1 Å². The number of nitrogens with one attached hydrogen (secondary N) is 1. The van der Waals surface area contributed by atoms with E-state index in [-0.39, 0.29) is 5.84 Å². The Kier molecular flexibility index (Phi) is 4.26. The van der Waals surface area contributed by atoms with Gasteiger partial charge in [-0.3, -0.25) is 5.41 Å². The molecule has 0 atom stereocenters. The third-order valence-electron chi connectivity index (χ3n) is 3.37. The molecule has 0 fully saturated rings. The van der Waals surface area contributed by atoms with Crippen LogP contribution in [0.2, 0.25) is 0 Å². The van der Waals surface area contributed by atoms with Crippen molar-refractivity contribution in [3.05, 3.63) is 84.4 Å². The van der Waals surface area contributed by atoms with Gasteiger partial charge in [-0.1, -0.05) is 72.4 Å². The van der Waals surface area contributed by atoms with E-state index in [1.165, 1.54) is 4.90 Å². The highest BCUT2D eigenvalue weighted by Crippen LogP contribution is 2.36. The summed E-state index contributed by atoms with van der Waals surface area (Å²) in [7, 11) is 0. The highest BCUT2D eigenvalue weighted by Gasteiger charge is 2.11. The lowest BCUT2D eigenvalue weighted by molar-refractivity contribution is 1.38. The Labute approximate surface area is 134 Å². The molecule has 0 heterocycles. The molecule has 22 heavy (non-hydrogen) atoms. The van der Waals surface area contributed by atoms with Gasteiger partial charge < -0.3 is 5.73 Å². The van der Waals surface area contributed by atoms with E-state index in [9.17, 15) is 0 Å². The molecule has 3 aromatic rings. The van der Waals surface area contributed by atoms with Gasteiger partial charge in [0.05, 0.1) is 0 Å². The van der Waals surface area contributed by atoms with Crippen molar-refractivity contribution in [2.75, 3.05) is 0 Å². The van der Waals surface area contributed by atoms with Crippen LogP contribution in [0.15, 0.2) is 88.7 Å². The number of nitrogens with two attached hydrogens (primary N) is 1. The molecule has 0 saturated carbocycles. The van der Waals surface area contributed by atoms with Crippen LogP contribution < -0.4 is 5.73 Å². The van der Waals surface area contributed by atoms with Gasteiger partial charge in [-0.15, -0.1) is 0 Å². The Balaban J connectivity index is 2.08. The minimum atomic E-state index is 0.0927. The maximum atomic E-state index is 7.79. The Bertz CT molecular complexity index is 797. The zero-order valence-electron chi connectivity index (χ0n) is 12.0. The predicted molar refractivity (Wildman–Crippen MR) is 93.5 cm³/mol. The Morgan fingerprint density at radius 1 is 0.727 bits per heavy atom. The van der Waals surface area contributed by atoms with Crippen LogP contribution in [0.5, 0.6) is 0 Å². The molecular weight excluding hydrogens is 288 g/mol. The lowest BCUT2D eigenvalue weighted by Crippen LogP contribution is -2.12. The van der Waals surface area contributed by atoms with Gasteiger partial charge in [0.1, 0.15) is 5.84 Å². The largest absolute Gasteiger partial charge is 0.384 e. The smallest absolute Gasteiger partial charge is 0.123 e. The summed E-state index contributed by atoms with van der Waals surface area (Å²) >= 11 is 1.72. The fourth-order valence-electron chi connectivity index (χ4n) is 2.35.